The standard InChI is InChI=1S/C15H15IN4O.2ClH/c1-9(17)10-2-4-11(5-3-10)15(21)20-12-6-7-18-14-13(12)16-8-19-14;;/h2-9H,17H2,1H3,(H2,18,19,20,21);2*1H/t9-;;/m1../s1. The Labute approximate surface area is 157 Å². The lowest BCUT2D eigenvalue weighted by atomic mass is 10.1. The molecule has 1 aliphatic rings. The maximum Gasteiger partial charge on any atom is 0.255 e. The molecule has 1 atom stereocenters. The summed E-state index contributed by atoms with van der Waals surface area (Å²) in [5.41, 5.74) is 8.29. The van der Waals surface area contributed by atoms with E-state index < -0.39 is 0 Å². The third-order valence-electron chi connectivity index (χ3n) is 3.19. The van der Waals surface area contributed by atoms with Gasteiger partial charge in [-0.2, -0.15) is 0 Å². The molecule has 0 saturated carbocycles. The minimum Gasteiger partial charge on any atom is -0.341 e. The molecule has 0 unspecified atom stereocenters. The van der Waals surface area contributed by atoms with Gasteiger partial charge in [0.15, 0.2) is 0 Å². The van der Waals surface area contributed by atoms with Crippen LogP contribution in [0.15, 0.2) is 36.5 Å². The van der Waals surface area contributed by atoms with Crippen molar-refractivity contribution in [2.24, 2.45) is 5.73 Å². The first kappa shape index (κ1) is 19.8. The van der Waals surface area contributed by atoms with E-state index >= 15 is 0 Å². The van der Waals surface area contributed by atoms with Gasteiger partial charge in [-0.3, -0.25) is 4.79 Å². The number of nitrogens with two attached hydrogens (primary N) is 1. The quantitative estimate of drug-likeness (QED) is 0.604. The summed E-state index contributed by atoms with van der Waals surface area (Å²) in [5.74, 6) is 0.739. The lowest BCUT2D eigenvalue weighted by Gasteiger charge is -2.10. The normalized spacial score (nSPS) is 12.6. The topological polar surface area (TPSA) is 80.0 Å². The molecule has 0 bridgehead atoms. The van der Waals surface area contributed by atoms with Gasteiger partial charge in [0, 0.05) is 21.9 Å². The van der Waals surface area contributed by atoms with E-state index in [0.717, 1.165) is 20.6 Å². The zero-order chi connectivity index (χ0) is 14.8. The van der Waals surface area contributed by atoms with E-state index in [1.807, 2.05) is 29.3 Å². The molecule has 1 amide bonds. The smallest absolute Gasteiger partial charge is 0.255 e. The molecule has 0 fully saturated rings. The minimum atomic E-state index is -0.245. The van der Waals surface area contributed by atoms with Gasteiger partial charge in [0.05, 0.1) is 9.26 Å². The molecule has 5 nitrogen and oxygen atoms in total. The Morgan fingerprint density at radius 2 is 1.96 bits per heavy atom. The first-order valence-electron chi connectivity index (χ1n) is 6.52. The monoisotopic (exact) mass is 466 g/mol. The van der Waals surface area contributed by atoms with Crippen LogP contribution in [0.3, 0.4) is 0 Å². The number of nitrogens with zero attached hydrogens (tertiary/aromatic N) is 1. The third-order valence-corrected chi connectivity index (χ3v) is 5.53. The maximum atomic E-state index is 12.3. The number of aromatic nitrogens is 1. The number of hydrogen-bond donors (Lipinski definition) is 3. The molecular weight excluding hydrogens is 450 g/mol. The Bertz CT molecular complexity index is 720. The van der Waals surface area contributed by atoms with Gasteiger partial charge in [0.1, 0.15) is 5.82 Å². The van der Waals surface area contributed by atoms with Crippen LogP contribution in [0.5, 0.6) is 0 Å². The van der Waals surface area contributed by atoms with Crippen LogP contribution in [0.2, 0.25) is 0 Å². The van der Waals surface area contributed by atoms with E-state index in [-0.39, 0.29) is 57.5 Å². The highest BCUT2D eigenvalue weighted by atomic mass is 127. The van der Waals surface area contributed by atoms with Crippen LogP contribution in [0.25, 0.3) is 0 Å². The maximum absolute atomic E-state index is 12.3. The minimum absolute atomic E-state index is 0. The van der Waals surface area contributed by atoms with Crippen molar-refractivity contribution in [3.05, 3.63) is 51.2 Å². The van der Waals surface area contributed by atoms with E-state index in [9.17, 15) is 4.79 Å². The lowest BCUT2D eigenvalue weighted by Crippen LogP contribution is -2.13. The average molecular weight is 467 g/mol. The van der Waals surface area contributed by atoms with Crippen molar-refractivity contribution < 1.29 is 4.79 Å². The van der Waals surface area contributed by atoms with Crippen molar-refractivity contribution in [2.75, 3.05) is 10.6 Å². The van der Waals surface area contributed by atoms with Crippen LogP contribution in [0, 0.1) is 3.57 Å². The summed E-state index contributed by atoms with van der Waals surface area (Å²) in [6.07, 6.45) is 1.70. The molecule has 2 heterocycles. The number of rotatable bonds is 3. The van der Waals surface area contributed by atoms with Gasteiger partial charge in [-0.05, 0) is 30.7 Å². The fraction of sp³-hybridized carbons (Fsp3) is 0.133. The Morgan fingerprint density at radius 1 is 1.26 bits per heavy atom. The summed E-state index contributed by atoms with van der Waals surface area (Å²) in [6.45, 7) is 1.92. The number of halogens is 3. The summed E-state index contributed by atoms with van der Waals surface area (Å²) in [5, 5.41) is 6.09. The highest BCUT2D eigenvalue weighted by Gasteiger charge is 2.14. The van der Waals surface area contributed by atoms with Crippen molar-refractivity contribution in [1.29, 1.82) is 0 Å². The lowest BCUT2D eigenvalue weighted by molar-refractivity contribution is 0.102. The van der Waals surface area contributed by atoms with Gasteiger partial charge in [-0.15, -0.1) is 24.8 Å². The highest BCUT2D eigenvalue weighted by Crippen LogP contribution is 2.31. The first-order chi connectivity index (χ1) is 10.1. The fourth-order valence-electron chi connectivity index (χ4n) is 2.02. The molecule has 1 aliphatic heterocycles. The van der Waals surface area contributed by atoms with Crippen LogP contribution in [0.4, 0.5) is 11.5 Å². The number of benzene rings is 1. The Hall–Kier alpha value is -1.22. The van der Waals surface area contributed by atoms with Gasteiger partial charge >= 0.3 is 0 Å². The number of carbonyl (C=O) groups is 1. The predicted molar refractivity (Wildman–Crippen MR) is 108 cm³/mol. The first-order valence-corrected chi connectivity index (χ1v) is 8.85. The Balaban J connectivity index is 0.00000132. The van der Waals surface area contributed by atoms with E-state index in [0.29, 0.717) is 5.56 Å². The number of anilines is 2. The van der Waals surface area contributed by atoms with Crippen molar-refractivity contribution in [3.8, 4) is 0 Å². The van der Waals surface area contributed by atoms with Gasteiger partial charge in [-0.1, -0.05) is 32.9 Å². The van der Waals surface area contributed by atoms with E-state index in [1.165, 1.54) is 0 Å². The van der Waals surface area contributed by atoms with E-state index in [2.05, 4.69) is 15.6 Å². The van der Waals surface area contributed by atoms with Crippen LogP contribution in [-0.2, 0) is 0 Å². The molecule has 0 radical (unpaired) electrons. The zero-order valence-electron chi connectivity index (χ0n) is 12.2. The molecule has 0 saturated heterocycles. The Kier molecular flexibility index (Phi) is 7.40. The summed E-state index contributed by atoms with van der Waals surface area (Å²) in [7, 11) is 0. The second-order valence-corrected chi connectivity index (χ2v) is 7.07. The van der Waals surface area contributed by atoms with Crippen LogP contribution >= 0.6 is 45.5 Å². The molecule has 1 aromatic heterocycles. The molecule has 4 N–H and O–H groups in total. The number of fused-ring (bicyclic) bond motifs is 1. The number of carbonyl (C=O) groups excluding carboxylic acids is 1. The number of pyridine rings is 1. The van der Waals surface area contributed by atoms with E-state index in [1.54, 1.807) is 18.3 Å². The average Bonchev–Trinajstić information content (AvgIpc) is 2.97. The van der Waals surface area contributed by atoms with Crippen molar-refractivity contribution in [3.63, 3.8) is 0 Å². The summed E-state index contributed by atoms with van der Waals surface area (Å²) in [6, 6.07) is 9.19. The molecule has 8 heteroatoms. The predicted octanol–water partition coefficient (Wildman–Crippen LogP) is 3.52. The molecular formula is C15H17Cl2IN4O. The molecule has 124 valence electrons. The summed E-state index contributed by atoms with van der Waals surface area (Å²) >= 11 is -0.245. The van der Waals surface area contributed by atoms with Crippen LogP contribution in [-0.4, -0.2) is 15.0 Å². The number of hydrogen-bond acceptors (Lipinski definition) is 4. The van der Waals surface area contributed by atoms with Gasteiger partial charge in [0.2, 0.25) is 0 Å². The molecule has 0 aliphatic carbocycles. The number of nitrogens with one attached hydrogen (secondary N) is 2. The van der Waals surface area contributed by atoms with Crippen molar-refractivity contribution in [1.82, 2.24) is 4.98 Å². The molecule has 2 aromatic rings. The van der Waals surface area contributed by atoms with Crippen molar-refractivity contribution in [2.45, 2.75) is 13.0 Å². The number of amides is 1. The molecule has 0 spiro atoms. The second-order valence-electron chi connectivity index (χ2n) is 4.75. The van der Waals surface area contributed by atoms with E-state index in [4.69, 9.17) is 5.73 Å². The molecule has 1 aromatic carbocycles. The molecule has 23 heavy (non-hydrogen) atoms. The largest absolute Gasteiger partial charge is 0.341 e. The SMILES string of the molecule is C[C@@H](N)c1ccc(C(=O)Nc2ccnc3c2I=CN3)cc1.Cl.Cl. The van der Waals surface area contributed by atoms with Gasteiger partial charge < -0.3 is 16.4 Å². The van der Waals surface area contributed by atoms with Crippen LogP contribution < -0.4 is 16.4 Å². The molecule has 3 rings (SSSR count). The highest BCUT2D eigenvalue weighted by molar-refractivity contribution is 14.2. The summed E-state index contributed by atoms with van der Waals surface area (Å²) < 4.78 is 3.15. The fourth-order valence-corrected chi connectivity index (χ4v) is 4.02. The second kappa shape index (κ2) is 8.58. The van der Waals surface area contributed by atoms with Gasteiger partial charge in [0.25, 0.3) is 5.91 Å². The van der Waals surface area contributed by atoms with Crippen molar-refractivity contribution >= 4 is 67.1 Å². The van der Waals surface area contributed by atoms with Crippen LogP contribution in [0.1, 0.15) is 28.9 Å². The van der Waals surface area contributed by atoms with Gasteiger partial charge in [-0.25, -0.2) is 4.98 Å². The summed E-state index contributed by atoms with van der Waals surface area (Å²) in [4.78, 5) is 16.6. The zero-order valence-corrected chi connectivity index (χ0v) is 16.0. The Morgan fingerprint density at radius 3 is 2.61 bits per heavy atom. The third kappa shape index (κ3) is 4.41.